The second-order valence-corrected chi connectivity index (χ2v) is 13.0. The molecule has 2 aliphatic carbocycles. The van der Waals surface area contributed by atoms with Gasteiger partial charge in [0.05, 0.1) is 13.2 Å². The highest BCUT2D eigenvalue weighted by Crippen LogP contribution is 2.61. The molecule has 0 radical (unpaired) electrons. The first-order valence-corrected chi connectivity index (χ1v) is 14.9. The summed E-state index contributed by atoms with van der Waals surface area (Å²) in [6.45, 7) is 15.6. The van der Waals surface area contributed by atoms with E-state index in [4.69, 9.17) is 4.74 Å². The number of fused-ring (bicyclic) bond motifs is 1. The number of aliphatic hydroxyl groups is 1. The molecule has 1 aromatic rings. The maximum atomic E-state index is 13.1. The van der Waals surface area contributed by atoms with Gasteiger partial charge in [0.2, 0.25) is 11.8 Å². The highest BCUT2D eigenvalue weighted by molar-refractivity contribution is 5.92. The number of aliphatic hydroxyl groups excluding tert-OH is 1. The minimum atomic E-state index is -0.239. The molecule has 40 heavy (non-hydrogen) atoms. The highest BCUT2D eigenvalue weighted by atomic mass is 16.5. The third kappa shape index (κ3) is 6.38. The molecule has 2 amide bonds. The van der Waals surface area contributed by atoms with Gasteiger partial charge in [-0.05, 0) is 91.9 Å². The Morgan fingerprint density at radius 1 is 1.05 bits per heavy atom. The zero-order valence-corrected chi connectivity index (χ0v) is 25.1. The number of hydrogen-bond acceptors (Lipinski definition) is 4. The summed E-state index contributed by atoms with van der Waals surface area (Å²) in [4.78, 5) is 29.4. The summed E-state index contributed by atoms with van der Waals surface area (Å²) >= 11 is 0. The first-order valence-electron chi connectivity index (χ1n) is 14.9. The molecular weight excluding hydrogens is 500 g/mol. The lowest BCUT2D eigenvalue weighted by Crippen LogP contribution is -2.54. The molecular formula is C34H48N2O4. The van der Waals surface area contributed by atoms with Crippen molar-refractivity contribution in [3.63, 3.8) is 0 Å². The maximum Gasteiger partial charge on any atom is 0.246 e. The van der Waals surface area contributed by atoms with Crippen LogP contribution in [0.2, 0.25) is 0 Å². The van der Waals surface area contributed by atoms with Gasteiger partial charge in [0.1, 0.15) is 5.75 Å². The van der Waals surface area contributed by atoms with Crippen LogP contribution in [0.25, 0.3) is 6.08 Å². The zero-order valence-electron chi connectivity index (χ0n) is 25.1. The van der Waals surface area contributed by atoms with Crippen LogP contribution in [-0.4, -0.2) is 66.1 Å². The van der Waals surface area contributed by atoms with Gasteiger partial charge < -0.3 is 19.6 Å². The van der Waals surface area contributed by atoms with E-state index in [1.165, 1.54) is 5.57 Å². The van der Waals surface area contributed by atoms with Crippen molar-refractivity contribution < 1.29 is 19.4 Å². The quantitative estimate of drug-likeness (QED) is 0.342. The van der Waals surface area contributed by atoms with E-state index in [2.05, 4.69) is 34.3 Å². The van der Waals surface area contributed by atoms with Gasteiger partial charge in [-0.3, -0.25) is 9.59 Å². The molecule has 0 spiro atoms. The van der Waals surface area contributed by atoms with Crippen LogP contribution < -0.4 is 4.74 Å². The molecule has 4 atom stereocenters. The number of methoxy groups -OCH3 is 1. The predicted molar refractivity (Wildman–Crippen MR) is 161 cm³/mol. The zero-order chi connectivity index (χ0) is 29.1. The number of carbonyl (C=O) groups excluding carboxylic acids is 2. The van der Waals surface area contributed by atoms with Crippen molar-refractivity contribution >= 4 is 17.9 Å². The predicted octanol–water partition coefficient (Wildman–Crippen LogP) is 5.88. The van der Waals surface area contributed by atoms with Gasteiger partial charge in [0.15, 0.2) is 0 Å². The van der Waals surface area contributed by atoms with Crippen molar-refractivity contribution in [2.45, 2.75) is 72.3 Å². The summed E-state index contributed by atoms with van der Waals surface area (Å²) in [5.74, 6) is 1.68. The van der Waals surface area contributed by atoms with Crippen LogP contribution in [0.5, 0.6) is 5.75 Å². The topological polar surface area (TPSA) is 70.1 Å². The number of allylic oxidation sites excluding steroid dienone is 2. The molecule has 0 aromatic heterocycles. The Labute approximate surface area is 240 Å². The lowest BCUT2D eigenvalue weighted by molar-refractivity contribution is -0.134. The van der Waals surface area contributed by atoms with Crippen LogP contribution in [0.3, 0.4) is 0 Å². The fourth-order valence-electron chi connectivity index (χ4n) is 7.58. The van der Waals surface area contributed by atoms with Gasteiger partial charge in [0, 0.05) is 38.3 Å². The molecule has 2 saturated carbocycles. The van der Waals surface area contributed by atoms with E-state index in [-0.39, 0.29) is 28.7 Å². The molecule has 0 unspecified atom stereocenters. The fourth-order valence-corrected chi connectivity index (χ4v) is 7.58. The van der Waals surface area contributed by atoms with E-state index in [0.29, 0.717) is 38.0 Å². The molecule has 4 rings (SSSR count). The van der Waals surface area contributed by atoms with E-state index in [9.17, 15) is 14.7 Å². The van der Waals surface area contributed by atoms with E-state index in [0.717, 1.165) is 55.4 Å². The first kappa shape index (κ1) is 30.1. The fraction of sp³-hybridized carbons (Fsp3) is 0.588. The summed E-state index contributed by atoms with van der Waals surface area (Å²) in [6, 6.07) is 7.57. The highest BCUT2D eigenvalue weighted by Gasteiger charge is 2.55. The van der Waals surface area contributed by atoms with Crippen LogP contribution >= 0.6 is 0 Å². The minimum Gasteiger partial charge on any atom is -0.497 e. The summed E-state index contributed by atoms with van der Waals surface area (Å²) in [7, 11) is 1.63. The Kier molecular flexibility index (Phi) is 9.29. The summed E-state index contributed by atoms with van der Waals surface area (Å²) in [6.07, 6.45) is 10.8. The molecule has 6 heteroatoms. The van der Waals surface area contributed by atoms with Crippen molar-refractivity contribution in [3.05, 3.63) is 59.7 Å². The van der Waals surface area contributed by atoms with Crippen molar-refractivity contribution in [3.8, 4) is 5.75 Å². The van der Waals surface area contributed by atoms with Gasteiger partial charge in [-0.15, -0.1) is 0 Å². The van der Waals surface area contributed by atoms with Crippen LogP contribution in [0.1, 0.15) is 71.8 Å². The van der Waals surface area contributed by atoms with E-state index in [1.807, 2.05) is 35.2 Å². The number of amides is 2. The molecule has 0 bridgehead atoms. The van der Waals surface area contributed by atoms with Crippen LogP contribution in [0.4, 0.5) is 0 Å². The van der Waals surface area contributed by atoms with Gasteiger partial charge in [-0.1, -0.05) is 50.6 Å². The molecule has 1 aromatic carbocycles. The second-order valence-electron chi connectivity index (χ2n) is 13.0. The third-order valence-corrected chi connectivity index (χ3v) is 10.2. The standard InChI is InChI=1S/C34H48N2O4/c1-24(7-14-28-25(2)8-15-29-33(3,4)30(37)17-18-34(28,29)5)23-32(39)36-21-19-35(20-22-36)31(38)16-11-26-9-12-27(40-6)13-10-26/h9-13,16,23,28-30,37H,2,7-8,14-15,17-22H2,1,3-6H3/b16-11+,24-23+/t28-,29-,30-,34+/m1/s1. The number of carbonyl (C=O) groups is 2. The molecule has 1 heterocycles. The number of ether oxygens (including phenoxy) is 1. The molecule has 1 saturated heterocycles. The average Bonchev–Trinajstić information content (AvgIpc) is 2.94. The lowest BCUT2D eigenvalue weighted by atomic mass is 9.46. The Bertz CT molecular complexity index is 1140. The monoisotopic (exact) mass is 548 g/mol. The van der Waals surface area contributed by atoms with Crippen LogP contribution in [-0.2, 0) is 9.59 Å². The smallest absolute Gasteiger partial charge is 0.246 e. The van der Waals surface area contributed by atoms with Gasteiger partial charge in [-0.2, -0.15) is 0 Å². The van der Waals surface area contributed by atoms with E-state index in [1.54, 1.807) is 24.2 Å². The van der Waals surface area contributed by atoms with Crippen molar-refractivity contribution in [2.75, 3.05) is 33.3 Å². The Hall–Kier alpha value is -2.86. The van der Waals surface area contributed by atoms with E-state index >= 15 is 0 Å². The van der Waals surface area contributed by atoms with Gasteiger partial charge in [0.25, 0.3) is 0 Å². The SMILES string of the molecule is C=C1CC[C@@H]2C(C)(C)[C@H](O)CC[C@@]2(C)[C@@H]1CC/C(C)=C/C(=O)N1CCN(C(=O)/C=C/c2ccc(OC)cc2)CC1. The molecule has 218 valence electrons. The number of benzene rings is 1. The van der Waals surface area contributed by atoms with Gasteiger partial charge >= 0.3 is 0 Å². The minimum absolute atomic E-state index is 0.0341. The maximum absolute atomic E-state index is 13.1. The first-order chi connectivity index (χ1) is 19.0. The summed E-state index contributed by atoms with van der Waals surface area (Å²) < 4.78 is 5.18. The largest absolute Gasteiger partial charge is 0.497 e. The molecule has 1 N–H and O–H groups in total. The third-order valence-electron chi connectivity index (χ3n) is 10.2. The molecule has 6 nitrogen and oxygen atoms in total. The number of nitrogens with zero attached hydrogens (tertiary/aromatic N) is 2. The Morgan fingerprint density at radius 3 is 2.30 bits per heavy atom. The van der Waals surface area contributed by atoms with Crippen molar-refractivity contribution in [2.24, 2.45) is 22.7 Å². The van der Waals surface area contributed by atoms with Gasteiger partial charge in [-0.25, -0.2) is 0 Å². The van der Waals surface area contributed by atoms with Crippen molar-refractivity contribution in [1.29, 1.82) is 0 Å². The Morgan fingerprint density at radius 2 is 1.68 bits per heavy atom. The Balaban J connectivity index is 1.28. The summed E-state index contributed by atoms with van der Waals surface area (Å²) in [5.41, 5.74) is 3.44. The molecule has 1 aliphatic heterocycles. The van der Waals surface area contributed by atoms with Crippen molar-refractivity contribution in [1.82, 2.24) is 9.80 Å². The van der Waals surface area contributed by atoms with Crippen LogP contribution in [0, 0.1) is 22.7 Å². The number of piperazine rings is 1. The molecule has 3 fully saturated rings. The lowest BCUT2D eigenvalue weighted by Gasteiger charge is -2.59. The number of rotatable bonds is 7. The normalized spacial score (nSPS) is 28.9. The second kappa shape index (κ2) is 12.3. The average molecular weight is 549 g/mol. The van der Waals surface area contributed by atoms with E-state index < -0.39 is 0 Å². The number of hydrogen-bond donors (Lipinski definition) is 1. The summed E-state index contributed by atoms with van der Waals surface area (Å²) in [5, 5.41) is 10.7. The van der Waals surface area contributed by atoms with Crippen LogP contribution in [0.15, 0.2) is 54.1 Å². The molecule has 3 aliphatic rings.